The normalized spacial score (nSPS) is 10.8. The zero-order chi connectivity index (χ0) is 10.6. The van der Waals surface area contributed by atoms with E-state index in [1.807, 2.05) is 32.0 Å². The van der Waals surface area contributed by atoms with Crippen molar-refractivity contribution in [2.45, 2.75) is 13.8 Å². The van der Waals surface area contributed by atoms with Crippen molar-refractivity contribution in [1.82, 2.24) is 5.32 Å². The summed E-state index contributed by atoms with van der Waals surface area (Å²) >= 11 is 0. The lowest BCUT2D eigenvalue weighted by atomic mass is 10.1. The molecule has 0 spiro atoms. The molecule has 0 bridgehead atoms. The molecule has 0 saturated carbocycles. The van der Waals surface area contributed by atoms with Gasteiger partial charge in [0.15, 0.2) is 6.19 Å². The maximum absolute atomic E-state index is 8.30. The molecule has 1 aromatic carbocycles. The van der Waals surface area contributed by atoms with Crippen LogP contribution in [0.25, 0.3) is 0 Å². The molecule has 1 rings (SSSR count). The molecule has 0 aliphatic heterocycles. The summed E-state index contributed by atoms with van der Waals surface area (Å²) in [6.45, 7) is 3.97. The summed E-state index contributed by atoms with van der Waals surface area (Å²) in [5.41, 5.74) is 8.42. The zero-order valence-corrected chi connectivity index (χ0v) is 8.20. The third kappa shape index (κ3) is 2.79. The Morgan fingerprint density at radius 2 is 1.93 bits per heavy atom. The fourth-order valence-corrected chi connectivity index (χ4v) is 1.24. The van der Waals surface area contributed by atoms with E-state index in [9.17, 15) is 0 Å². The van der Waals surface area contributed by atoms with Gasteiger partial charge in [0.05, 0.1) is 5.69 Å². The van der Waals surface area contributed by atoms with E-state index in [4.69, 9.17) is 11.0 Å². The highest BCUT2D eigenvalue weighted by atomic mass is 15.1. The van der Waals surface area contributed by atoms with Gasteiger partial charge in [0.2, 0.25) is 5.96 Å². The Kier molecular flexibility index (Phi) is 3.08. The first-order valence-corrected chi connectivity index (χ1v) is 4.19. The van der Waals surface area contributed by atoms with Crippen molar-refractivity contribution < 1.29 is 0 Å². The first-order valence-electron chi connectivity index (χ1n) is 4.19. The highest BCUT2D eigenvalue weighted by Crippen LogP contribution is 2.16. The number of nitrogens with two attached hydrogens (primary N) is 1. The highest BCUT2D eigenvalue weighted by molar-refractivity contribution is 5.82. The third-order valence-electron chi connectivity index (χ3n) is 1.64. The van der Waals surface area contributed by atoms with Crippen LogP contribution in [0.15, 0.2) is 23.2 Å². The van der Waals surface area contributed by atoms with Crippen molar-refractivity contribution in [2.24, 2.45) is 10.7 Å². The van der Waals surface area contributed by atoms with E-state index in [1.165, 1.54) is 0 Å². The Hall–Kier alpha value is -2.02. The molecule has 3 N–H and O–H groups in total. The first kappa shape index (κ1) is 10.1. The van der Waals surface area contributed by atoms with Crippen LogP contribution < -0.4 is 11.1 Å². The van der Waals surface area contributed by atoms with Crippen molar-refractivity contribution in [3.8, 4) is 6.19 Å². The molecule has 0 radical (unpaired) electrons. The molecule has 0 saturated heterocycles. The second kappa shape index (κ2) is 4.28. The summed E-state index contributed by atoms with van der Waals surface area (Å²) < 4.78 is 0. The second-order valence-electron chi connectivity index (χ2n) is 3.08. The number of hydrogen-bond acceptors (Lipinski definition) is 2. The van der Waals surface area contributed by atoms with E-state index in [2.05, 4.69) is 10.3 Å². The minimum Gasteiger partial charge on any atom is -0.369 e. The summed E-state index contributed by atoms with van der Waals surface area (Å²) in [7, 11) is 0. The van der Waals surface area contributed by atoms with Crippen LogP contribution in [0.1, 0.15) is 11.1 Å². The molecule has 14 heavy (non-hydrogen) atoms. The van der Waals surface area contributed by atoms with E-state index in [0.717, 1.165) is 16.8 Å². The molecule has 4 nitrogen and oxygen atoms in total. The van der Waals surface area contributed by atoms with Gasteiger partial charge in [-0.1, -0.05) is 6.07 Å². The maximum atomic E-state index is 8.30. The van der Waals surface area contributed by atoms with E-state index in [-0.39, 0.29) is 5.96 Å². The highest BCUT2D eigenvalue weighted by Gasteiger charge is 1.95. The number of guanidine groups is 1. The van der Waals surface area contributed by atoms with Crippen molar-refractivity contribution >= 4 is 11.6 Å². The summed E-state index contributed by atoms with van der Waals surface area (Å²) in [5, 5.41) is 10.6. The van der Waals surface area contributed by atoms with Crippen molar-refractivity contribution in [1.29, 1.82) is 5.26 Å². The minimum absolute atomic E-state index is 0.109. The van der Waals surface area contributed by atoms with Gasteiger partial charge >= 0.3 is 0 Å². The molecule has 0 amide bonds. The van der Waals surface area contributed by atoms with Crippen LogP contribution in [0.2, 0.25) is 0 Å². The van der Waals surface area contributed by atoms with Crippen LogP contribution in [-0.4, -0.2) is 5.96 Å². The first-order chi connectivity index (χ1) is 6.61. The molecular formula is C10H12N4. The molecule has 72 valence electrons. The number of nitrogens with one attached hydrogen (secondary N) is 1. The lowest BCUT2D eigenvalue weighted by Gasteiger charge is -2.00. The van der Waals surface area contributed by atoms with Crippen molar-refractivity contribution in [2.75, 3.05) is 0 Å². The van der Waals surface area contributed by atoms with Gasteiger partial charge in [-0.15, -0.1) is 0 Å². The summed E-state index contributed by atoms with van der Waals surface area (Å²) in [6.07, 6.45) is 1.71. The molecule has 0 aliphatic carbocycles. The Balaban J connectivity index is 2.97. The number of nitrogens with zero attached hydrogens (tertiary/aromatic N) is 2. The smallest absolute Gasteiger partial charge is 0.207 e. The van der Waals surface area contributed by atoms with Crippen LogP contribution in [0.5, 0.6) is 0 Å². The van der Waals surface area contributed by atoms with Crippen LogP contribution >= 0.6 is 0 Å². The number of benzene rings is 1. The van der Waals surface area contributed by atoms with E-state index < -0.39 is 0 Å². The maximum Gasteiger partial charge on any atom is 0.207 e. The molecule has 0 heterocycles. The molecule has 0 unspecified atom stereocenters. The zero-order valence-electron chi connectivity index (χ0n) is 8.20. The van der Waals surface area contributed by atoms with E-state index in [1.54, 1.807) is 6.19 Å². The standard InChI is InChI=1S/C10H12N4/c1-7-3-8(2)5-9(4-7)14-10(12)13-6-11/h3-5H,1-2H3,(H3,12,13,14). The lowest BCUT2D eigenvalue weighted by molar-refractivity contribution is 1.21. The van der Waals surface area contributed by atoms with Gasteiger partial charge in [0.1, 0.15) is 0 Å². The molecule has 0 aliphatic rings. The Morgan fingerprint density at radius 1 is 1.36 bits per heavy atom. The Labute approximate surface area is 83.1 Å². The number of aliphatic imine (C=N–C) groups is 1. The van der Waals surface area contributed by atoms with Crippen molar-refractivity contribution in [3.05, 3.63) is 29.3 Å². The van der Waals surface area contributed by atoms with Gasteiger partial charge in [0, 0.05) is 0 Å². The van der Waals surface area contributed by atoms with Crippen LogP contribution in [0.3, 0.4) is 0 Å². The molecule has 0 aromatic heterocycles. The topological polar surface area (TPSA) is 74.2 Å². The predicted molar refractivity (Wildman–Crippen MR) is 55.9 cm³/mol. The summed E-state index contributed by atoms with van der Waals surface area (Å²) in [5.74, 6) is 0.109. The quantitative estimate of drug-likeness (QED) is 0.302. The van der Waals surface area contributed by atoms with E-state index in [0.29, 0.717) is 0 Å². The summed E-state index contributed by atoms with van der Waals surface area (Å²) in [4.78, 5) is 4.03. The van der Waals surface area contributed by atoms with Gasteiger partial charge in [0.25, 0.3) is 0 Å². The van der Waals surface area contributed by atoms with Gasteiger partial charge in [-0.2, -0.15) is 5.26 Å². The fourth-order valence-electron chi connectivity index (χ4n) is 1.24. The Morgan fingerprint density at radius 3 is 2.43 bits per heavy atom. The van der Waals surface area contributed by atoms with E-state index >= 15 is 0 Å². The average molecular weight is 188 g/mol. The number of nitriles is 1. The summed E-state index contributed by atoms with van der Waals surface area (Å²) in [6, 6.07) is 5.85. The molecule has 0 atom stereocenters. The Bertz CT molecular complexity index is 381. The molecule has 4 heteroatoms. The van der Waals surface area contributed by atoms with Gasteiger partial charge in [-0.25, -0.2) is 4.99 Å². The van der Waals surface area contributed by atoms with Gasteiger partial charge < -0.3 is 5.73 Å². The number of rotatable bonds is 1. The SMILES string of the molecule is Cc1cc(C)cc(N=C(N)NC#N)c1. The van der Waals surface area contributed by atoms with Crippen LogP contribution in [0, 0.1) is 25.3 Å². The fraction of sp³-hybridized carbons (Fsp3) is 0.200. The lowest BCUT2D eigenvalue weighted by Crippen LogP contribution is -2.26. The van der Waals surface area contributed by atoms with Crippen LogP contribution in [-0.2, 0) is 0 Å². The molecule has 1 aromatic rings. The average Bonchev–Trinajstić information content (AvgIpc) is 2.01. The number of hydrogen-bond donors (Lipinski definition) is 2. The molecule has 0 fully saturated rings. The minimum atomic E-state index is 0.109. The monoisotopic (exact) mass is 188 g/mol. The largest absolute Gasteiger partial charge is 0.369 e. The number of aryl methyl sites for hydroxylation is 2. The van der Waals surface area contributed by atoms with Gasteiger partial charge in [-0.05, 0) is 37.1 Å². The predicted octanol–water partition coefficient (Wildman–Crippen LogP) is 1.32. The third-order valence-corrected chi connectivity index (χ3v) is 1.64. The van der Waals surface area contributed by atoms with Crippen LogP contribution in [0.4, 0.5) is 5.69 Å². The van der Waals surface area contributed by atoms with Gasteiger partial charge in [-0.3, -0.25) is 5.32 Å². The van der Waals surface area contributed by atoms with Crippen molar-refractivity contribution in [3.63, 3.8) is 0 Å². The molecular weight excluding hydrogens is 176 g/mol. The second-order valence-corrected chi connectivity index (χ2v) is 3.08.